The molecular weight excluding hydrogens is 362 g/mol. The van der Waals surface area contributed by atoms with Crippen LogP contribution >= 0.6 is 11.3 Å². The van der Waals surface area contributed by atoms with Gasteiger partial charge in [-0.3, -0.25) is 14.2 Å². The third-order valence-corrected chi connectivity index (χ3v) is 8.10. The van der Waals surface area contributed by atoms with E-state index in [1.807, 2.05) is 0 Å². The average Bonchev–Trinajstić information content (AvgIpc) is 3.22. The van der Waals surface area contributed by atoms with Gasteiger partial charge in [-0.15, -0.1) is 11.3 Å². The summed E-state index contributed by atoms with van der Waals surface area (Å²) in [5.74, 6) is -0.152. The van der Waals surface area contributed by atoms with Crippen molar-refractivity contribution in [3.63, 3.8) is 0 Å². The summed E-state index contributed by atoms with van der Waals surface area (Å²) in [7, 11) is -1.45. The summed E-state index contributed by atoms with van der Waals surface area (Å²) in [6, 6.07) is -0.310. The summed E-state index contributed by atoms with van der Waals surface area (Å²) in [4.78, 5) is 33.1. The highest BCUT2D eigenvalue weighted by atomic mass is 32.2. The van der Waals surface area contributed by atoms with Crippen molar-refractivity contribution in [1.29, 1.82) is 0 Å². The van der Waals surface area contributed by atoms with Crippen LogP contribution < -0.4 is 5.56 Å². The second-order valence-electron chi connectivity index (χ2n) is 6.78. The van der Waals surface area contributed by atoms with Crippen molar-refractivity contribution in [2.24, 2.45) is 0 Å². The van der Waals surface area contributed by atoms with Gasteiger partial charge in [0.15, 0.2) is 9.84 Å². The number of hydrogen-bond acceptors (Lipinski definition) is 6. The molecule has 1 aliphatic heterocycles. The highest BCUT2D eigenvalue weighted by Gasteiger charge is 2.33. The van der Waals surface area contributed by atoms with Crippen LogP contribution in [0.5, 0.6) is 0 Å². The molecule has 9 heteroatoms. The zero-order valence-electron chi connectivity index (χ0n) is 13.9. The molecule has 1 amide bonds. The number of likely N-dealkylation sites (N-methyl/N-ethyl adjacent to an activating group) is 1. The first kappa shape index (κ1) is 16.7. The minimum atomic E-state index is -3.06. The monoisotopic (exact) mass is 381 g/mol. The number of sulfone groups is 1. The summed E-state index contributed by atoms with van der Waals surface area (Å²) >= 11 is 1.57. The molecule has 2 aromatic rings. The van der Waals surface area contributed by atoms with Crippen LogP contribution in [0.25, 0.3) is 10.2 Å². The molecule has 7 nitrogen and oxygen atoms in total. The Kier molecular flexibility index (Phi) is 3.95. The topological polar surface area (TPSA) is 89.3 Å². The van der Waals surface area contributed by atoms with Crippen molar-refractivity contribution in [3.8, 4) is 0 Å². The second-order valence-corrected chi connectivity index (χ2v) is 10.1. The van der Waals surface area contributed by atoms with Gasteiger partial charge in [-0.25, -0.2) is 13.4 Å². The molecule has 25 heavy (non-hydrogen) atoms. The van der Waals surface area contributed by atoms with Crippen LogP contribution in [0.15, 0.2) is 11.1 Å². The molecule has 0 N–H and O–H groups in total. The number of carbonyl (C=O) groups is 1. The molecule has 2 aliphatic rings. The van der Waals surface area contributed by atoms with E-state index >= 15 is 0 Å². The van der Waals surface area contributed by atoms with Crippen molar-refractivity contribution in [2.75, 3.05) is 18.6 Å². The first-order chi connectivity index (χ1) is 11.9. The van der Waals surface area contributed by atoms with Crippen LogP contribution in [0.4, 0.5) is 0 Å². The number of thiophene rings is 1. The lowest BCUT2D eigenvalue weighted by Gasteiger charge is -2.23. The molecule has 1 aliphatic carbocycles. The number of nitrogens with zero attached hydrogens (tertiary/aromatic N) is 3. The average molecular weight is 381 g/mol. The number of aryl methyl sites for hydroxylation is 2. The third kappa shape index (κ3) is 2.89. The number of amides is 1. The zero-order valence-corrected chi connectivity index (χ0v) is 15.5. The van der Waals surface area contributed by atoms with E-state index in [4.69, 9.17) is 0 Å². The third-order valence-electron chi connectivity index (χ3n) is 5.15. The molecule has 1 atom stereocenters. The molecule has 0 saturated carbocycles. The Morgan fingerprint density at radius 3 is 2.96 bits per heavy atom. The lowest BCUT2D eigenvalue weighted by molar-refractivity contribution is -0.132. The summed E-state index contributed by atoms with van der Waals surface area (Å²) in [5.41, 5.74) is 0.916. The fraction of sp³-hybridized carbons (Fsp3) is 0.562. The number of rotatable bonds is 3. The standard InChI is InChI=1S/C16H19N3O4S2/c1-18(10-5-6-25(22,23)8-10)13(20)7-19-9-17-15-14(16(19)21)11-3-2-4-12(11)24-15/h9-10H,2-8H2,1H3/t10-/m0/s1. The van der Waals surface area contributed by atoms with Gasteiger partial charge in [0, 0.05) is 18.0 Å². The summed E-state index contributed by atoms with van der Waals surface area (Å²) in [6.07, 6.45) is 4.82. The van der Waals surface area contributed by atoms with Crippen LogP contribution in [-0.4, -0.2) is 53.4 Å². The molecule has 0 unspecified atom stereocenters. The maximum atomic E-state index is 12.8. The van der Waals surface area contributed by atoms with Gasteiger partial charge in [0.2, 0.25) is 5.91 Å². The van der Waals surface area contributed by atoms with Gasteiger partial charge in [-0.05, 0) is 31.2 Å². The second kappa shape index (κ2) is 5.91. The van der Waals surface area contributed by atoms with Gasteiger partial charge in [-0.1, -0.05) is 0 Å². The molecule has 3 heterocycles. The Morgan fingerprint density at radius 2 is 2.24 bits per heavy atom. The zero-order chi connectivity index (χ0) is 17.8. The SMILES string of the molecule is CN(C(=O)Cn1cnc2sc3c(c2c1=O)CCC3)[C@H]1CCS(=O)(=O)C1. The molecule has 0 radical (unpaired) electrons. The first-order valence-corrected chi connectivity index (χ1v) is 11.0. The molecular formula is C16H19N3O4S2. The number of hydrogen-bond donors (Lipinski definition) is 0. The molecule has 0 bridgehead atoms. The number of carbonyl (C=O) groups excluding carboxylic acids is 1. The molecule has 1 fully saturated rings. The highest BCUT2D eigenvalue weighted by Crippen LogP contribution is 2.34. The van der Waals surface area contributed by atoms with E-state index in [1.54, 1.807) is 18.4 Å². The van der Waals surface area contributed by atoms with Crippen LogP contribution in [0.3, 0.4) is 0 Å². The largest absolute Gasteiger partial charge is 0.340 e. The van der Waals surface area contributed by atoms with Gasteiger partial charge in [0.25, 0.3) is 5.56 Å². The molecule has 2 aromatic heterocycles. The lowest BCUT2D eigenvalue weighted by atomic mass is 10.2. The summed E-state index contributed by atoms with van der Waals surface area (Å²) in [6.45, 7) is -0.112. The van der Waals surface area contributed by atoms with E-state index in [2.05, 4.69) is 4.98 Å². The Balaban J connectivity index is 1.59. The molecule has 134 valence electrons. The van der Waals surface area contributed by atoms with Gasteiger partial charge < -0.3 is 4.90 Å². The van der Waals surface area contributed by atoms with Gasteiger partial charge in [0.05, 0.1) is 23.2 Å². The fourth-order valence-electron chi connectivity index (χ4n) is 3.67. The Bertz CT molecular complexity index is 1020. The van der Waals surface area contributed by atoms with E-state index in [0.29, 0.717) is 11.8 Å². The molecule has 4 rings (SSSR count). The van der Waals surface area contributed by atoms with Gasteiger partial charge >= 0.3 is 0 Å². The Hall–Kier alpha value is -1.74. The Morgan fingerprint density at radius 1 is 1.44 bits per heavy atom. The van der Waals surface area contributed by atoms with Crippen molar-refractivity contribution in [2.45, 2.75) is 38.3 Å². The maximum absolute atomic E-state index is 12.8. The first-order valence-electron chi connectivity index (χ1n) is 8.31. The summed E-state index contributed by atoms with van der Waals surface area (Å²) in [5, 5.41) is 0.652. The van der Waals surface area contributed by atoms with E-state index in [0.717, 1.165) is 29.7 Å². The predicted octanol–water partition coefficient (Wildman–Crippen LogP) is 0.592. The van der Waals surface area contributed by atoms with Crippen LogP contribution in [0.2, 0.25) is 0 Å². The van der Waals surface area contributed by atoms with Crippen molar-refractivity contribution >= 4 is 37.3 Å². The lowest BCUT2D eigenvalue weighted by Crippen LogP contribution is -2.41. The quantitative estimate of drug-likeness (QED) is 0.776. The van der Waals surface area contributed by atoms with Gasteiger partial charge in [-0.2, -0.15) is 0 Å². The molecule has 1 saturated heterocycles. The van der Waals surface area contributed by atoms with E-state index in [-0.39, 0.29) is 35.6 Å². The Labute approximate surface area is 149 Å². The molecule has 0 aromatic carbocycles. The number of fused-ring (bicyclic) bond motifs is 3. The number of aromatic nitrogens is 2. The predicted molar refractivity (Wildman–Crippen MR) is 95.7 cm³/mol. The van der Waals surface area contributed by atoms with E-state index < -0.39 is 9.84 Å². The minimum absolute atomic E-state index is 0.000533. The smallest absolute Gasteiger partial charge is 0.262 e. The van der Waals surface area contributed by atoms with Crippen molar-refractivity contribution < 1.29 is 13.2 Å². The highest BCUT2D eigenvalue weighted by molar-refractivity contribution is 7.91. The summed E-state index contributed by atoms with van der Waals surface area (Å²) < 4.78 is 24.6. The fourth-order valence-corrected chi connectivity index (χ4v) is 6.67. The molecule has 0 spiro atoms. The van der Waals surface area contributed by atoms with Crippen LogP contribution in [0, 0.1) is 0 Å². The van der Waals surface area contributed by atoms with Crippen LogP contribution in [-0.2, 0) is 34.0 Å². The minimum Gasteiger partial charge on any atom is -0.340 e. The van der Waals surface area contributed by atoms with Crippen LogP contribution in [0.1, 0.15) is 23.3 Å². The maximum Gasteiger partial charge on any atom is 0.262 e. The normalized spacial score (nSPS) is 21.6. The van der Waals surface area contributed by atoms with E-state index in [9.17, 15) is 18.0 Å². The van der Waals surface area contributed by atoms with Gasteiger partial charge in [0.1, 0.15) is 11.4 Å². The van der Waals surface area contributed by atoms with E-state index in [1.165, 1.54) is 20.7 Å². The van der Waals surface area contributed by atoms with Crippen molar-refractivity contribution in [3.05, 3.63) is 27.1 Å². The van der Waals surface area contributed by atoms with Crippen molar-refractivity contribution in [1.82, 2.24) is 14.5 Å².